The molecule has 7 nitrogen and oxygen atoms in total. The van der Waals surface area contributed by atoms with E-state index >= 15 is 0 Å². The van der Waals surface area contributed by atoms with Gasteiger partial charge in [-0.05, 0) is 43.7 Å². The third-order valence-electron chi connectivity index (χ3n) is 4.16. The average molecular weight is 386 g/mol. The Kier molecular flexibility index (Phi) is 4.84. The lowest BCUT2D eigenvalue weighted by Gasteiger charge is -2.14. The van der Waals surface area contributed by atoms with E-state index in [-0.39, 0.29) is 21.8 Å². The highest BCUT2D eigenvalue weighted by Crippen LogP contribution is 2.20. The molecule has 0 saturated heterocycles. The number of sulfone groups is 1. The maximum absolute atomic E-state index is 12.5. The Morgan fingerprint density at radius 1 is 1.19 bits per heavy atom. The van der Waals surface area contributed by atoms with Crippen molar-refractivity contribution < 1.29 is 17.9 Å². The van der Waals surface area contributed by atoms with Gasteiger partial charge >= 0.3 is 5.97 Å². The molecule has 1 atom stereocenters. The van der Waals surface area contributed by atoms with Gasteiger partial charge in [-0.2, -0.15) is 0 Å². The molecule has 0 amide bonds. The van der Waals surface area contributed by atoms with Crippen LogP contribution in [0.3, 0.4) is 0 Å². The van der Waals surface area contributed by atoms with E-state index in [1.54, 1.807) is 44.2 Å². The van der Waals surface area contributed by atoms with Gasteiger partial charge < -0.3 is 9.72 Å². The number of rotatable bonds is 4. The maximum atomic E-state index is 12.5. The van der Waals surface area contributed by atoms with Gasteiger partial charge in [-0.25, -0.2) is 18.2 Å². The Bertz CT molecular complexity index is 1200. The first-order valence-corrected chi connectivity index (χ1v) is 10.1. The Morgan fingerprint density at radius 2 is 1.89 bits per heavy atom. The van der Waals surface area contributed by atoms with E-state index in [0.717, 1.165) is 6.26 Å². The van der Waals surface area contributed by atoms with Crippen molar-refractivity contribution in [3.8, 4) is 0 Å². The van der Waals surface area contributed by atoms with E-state index < -0.39 is 21.9 Å². The minimum Gasteiger partial charge on any atom is -0.451 e. The predicted molar refractivity (Wildman–Crippen MR) is 100 cm³/mol. The molecule has 0 saturated carbocycles. The van der Waals surface area contributed by atoms with Crippen LogP contribution in [-0.4, -0.2) is 30.6 Å². The summed E-state index contributed by atoms with van der Waals surface area (Å²) in [5.41, 5.74) is 0.899. The molecular formula is C19H18N2O5S. The van der Waals surface area contributed by atoms with Gasteiger partial charge in [-0.1, -0.05) is 18.2 Å². The summed E-state index contributed by atoms with van der Waals surface area (Å²) in [7, 11) is -3.45. The van der Waals surface area contributed by atoms with Gasteiger partial charge in [0.1, 0.15) is 0 Å². The lowest BCUT2D eigenvalue weighted by Crippen LogP contribution is -2.18. The summed E-state index contributed by atoms with van der Waals surface area (Å²) in [4.78, 5) is 31.7. The number of aromatic nitrogens is 2. The summed E-state index contributed by atoms with van der Waals surface area (Å²) < 4.78 is 28.9. The molecule has 1 N–H and O–H groups in total. The molecule has 2 aromatic carbocycles. The van der Waals surface area contributed by atoms with Crippen LogP contribution in [0.2, 0.25) is 0 Å². The van der Waals surface area contributed by atoms with Crippen molar-refractivity contribution in [2.45, 2.75) is 24.8 Å². The van der Waals surface area contributed by atoms with Gasteiger partial charge in [0.15, 0.2) is 21.8 Å². The molecular weight excluding hydrogens is 368 g/mol. The van der Waals surface area contributed by atoms with Gasteiger partial charge in [-0.3, -0.25) is 4.79 Å². The van der Waals surface area contributed by atoms with E-state index in [9.17, 15) is 18.0 Å². The van der Waals surface area contributed by atoms with Crippen molar-refractivity contribution in [1.82, 2.24) is 9.97 Å². The van der Waals surface area contributed by atoms with Crippen molar-refractivity contribution in [3.05, 3.63) is 69.8 Å². The number of hydrogen-bond acceptors (Lipinski definition) is 6. The average Bonchev–Trinajstić information content (AvgIpc) is 2.61. The smallest absolute Gasteiger partial charge is 0.339 e. The molecule has 3 aromatic rings. The lowest BCUT2D eigenvalue weighted by molar-refractivity contribution is 0.0319. The summed E-state index contributed by atoms with van der Waals surface area (Å²) in [6, 6.07) is 11.1. The second-order valence-corrected chi connectivity index (χ2v) is 8.28. The summed E-state index contributed by atoms with van der Waals surface area (Å²) in [5.74, 6) is -0.481. The van der Waals surface area contributed by atoms with Crippen LogP contribution in [0.1, 0.15) is 34.8 Å². The Labute approximate surface area is 155 Å². The molecule has 27 heavy (non-hydrogen) atoms. The number of fused-ring (bicyclic) bond motifs is 1. The number of H-pyrrole nitrogens is 1. The minimum absolute atomic E-state index is 0.0324. The molecule has 0 radical (unpaired) electrons. The van der Waals surface area contributed by atoms with Crippen molar-refractivity contribution in [1.29, 1.82) is 0 Å². The van der Waals surface area contributed by atoms with E-state index in [4.69, 9.17) is 4.74 Å². The SMILES string of the molecule is Cc1ccc(S(C)(=O)=O)cc1C(=O)O[C@@H](C)c1nc2ccccc2c(=O)[nH]1. The summed E-state index contributed by atoms with van der Waals surface area (Å²) in [5, 5.41) is 0.441. The lowest BCUT2D eigenvalue weighted by atomic mass is 10.1. The maximum Gasteiger partial charge on any atom is 0.339 e. The van der Waals surface area contributed by atoms with Crippen LogP contribution >= 0.6 is 0 Å². The summed E-state index contributed by atoms with van der Waals surface area (Å²) >= 11 is 0. The number of esters is 1. The molecule has 0 aliphatic heterocycles. The molecule has 140 valence electrons. The second-order valence-electron chi connectivity index (χ2n) is 6.26. The minimum atomic E-state index is -3.45. The van der Waals surface area contributed by atoms with Gasteiger partial charge in [0, 0.05) is 6.26 Å². The predicted octanol–water partition coefficient (Wildman–Crippen LogP) is 2.55. The number of hydrogen-bond donors (Lipinski definition) is 1. The zero-order valence-corrected chi connectivity index (χ0v) is 15.8. The molecule has 0 spiro atoms. The monoisotopic (exact) mass is 386 g/mol. The molecule has 1 aromatic heterocycles. The highest BCUT2D eigenvalue weighted by molar-refractivity contribution is 7.90. The number of aromatic amines is 1. The number of carbonyl (C=O) groups excluding carboxylic acids is 1. The third-order valence-corrected chi connectivity index (χ3v) is 5.27. The fourth-order valence-corrected chi connectivity index (χ4v) is 3.28. The topological polar surface area (TPSA) is 106 Å². The van der Waals surface area contributed by atoms with Gasteiger partial charge in [0.05, 0.1) is 21.4 Å². The van der Waals surface area contributed by atoms with Crippen LogP contribution < -0.4 is 5.56 Å². The molecule has 8 heteroatoms. The Balaban J connectivity index is 1.92. The summed E-state index contributed by atoms with van der Waals surface area (Å²) in [6.45, 7) is 3.27. The highest BCUT2D eigenvalue weighted by Gasteiger charge is 2.20. The largest absolute Gasteiger partial charge is 0.451 e. The van der Waals surface area contributed by atoms with Gasteiger partial charge in [0.25, 0.3) is 5.56 Å². The molecule has 1 heterocycles. The van der Waals surface area contributed by atoms with E-state index in [2.05, 4.69) is 9.97 Å². The molecule has 0 fully saturated rings. The first-order valence-electron chi connectivity index (χ1n) is 8.17. The number of nitrogens with one attached hydrogen (secondary N) is 1. The van der Waals surface area contributed by atoms with Crippen LogP contribution in [0.15, 0.2) is 52.2 Å². The number of aryl methyl sites for hydroxylation is 1. The van der Waals surface area contributed by atoms with Crippen LogP contribution in [0.25, 0.3) is 10.9 Å². The van der Waals surface area contributed by atoms with Crippen molar-refractivity contribution >= 4 is 26.7 Å². The number of nitrogens with zero attached hydrogens (tertiary/aromatic N) is 1. The Hall–Kier alpha value is -3.00. The van der Waals surface area contributed by atoms with Crippen molar-refractivity contribution in [2.75, 3.05) is 6.26 Å². The van der Waals surface area contributed by atoms with Crippen LogP contribution in [0.4, 0.5) is 0 Å². The van der Waals surface area contributed by atoms with E-state index in [1.165, 1.54) is 12.1 Å². The van der Waals surface area contributed by atoms with Gasteiger partial charge in [-0.15, -0.1) is 0 Å². The fraction of sp³-hybridized carbons (Fsp3) is 0.211. The van der Waals surface area contributed by atoms with Crippen LogP contribution in [-0.2, 0) is 14.6 Å². The molecule has 0 unspecified atom stereocenters. The Morgan fingerprint density at radius 3 is 2.59 bits per heavy atom. The molecule has 3 rings (SSSR count). The van der Waals surface area contributed by atoms with E-state index in [1.807, 2.05) is 0 Å². The zero-order chi connectivity index (χ0) is 19.8. The van der Waals surface area contributed by atoms with Crippen molar-refractivity contribution in [2.24, 2.45) is 0 Å². The normalized spacial score (nSPS) is 12.7. The van der Waals surface area contributed by atoms with Crippen molar-refractivity contribution in [3.63, 3.8) is 0 Å². The first kappa shape index (κ1) is 18.8. The van der Waals surface area contributed by atoms with Crippen LogP contribution in [0, 0.1) is 6.92 Å². The standard InChI is InChI=1S/C19H18N2O5S/c1-11-8-9-13(27(3,24)25)10-15(11)19(23)26-12(2)17-20-16-7-5-4-6-14(16)18(22)21-17/h4-10,12H,1-3H3,(H,20,21,22)/t12-/m0/s1. The number of benzene rings is 2. The van der Waals surface area contributed by atoms with E-state index in [0.29, 0.717) is 16.5 Å². The number of carbonyl (C=O) groups is 1. The van der Waals surface area contributed by atoms with Gasteiger partial charge in [0.2, 0.25) is 0 Å². The zero-order valence-electron chi connectivity index (χ0n) is 15.0. The molecule has 0 aliphatic carbocycles. The highest BCUT2D eigenvalue weighted by atomic mass is 32.2. The second kappa shape index (κ2) is 6.96. The first-order chi connectivity index (χ1) is 12.7. The van der Waals surface area contributed by atoms with Crippen LogP contribution in [0.5, 0.6) is 0 Å². The summed E-state index contributed by atoms with van der Waals surface area (Å²) in [6.07, 6.45) is 0.246. The number of ether oxygens (including phenoxy) is 1. The molecule has 0 aliphatic rings. The quantitative estimate of drug-likeness (QED) is 0.691. The third kappa shape index (κ3) is 3.90. The number of para-hydroxylation sites is 1. The molecule has 0 bridgehead atoms. The fourth-order valence-electron chi connectivity index (χ4n) is 2.63.